The molecule has 150 valence electrons. The number of anilines is 1. The van der Waals surface area contributed by atoms with Crippen LogP contribution in [0, 0.1) is 17.0 Å². The molecule has 2 aromatic carbocycles. The smallest absolute Gasteiger partial charge is 0.269 e. The lowest BCUT2D eigenvalue weighted by Gasteiger charge is -2.08. The van der Waals surface area contributed by atoms with Crippen molar-refractivity contribution in [3.05, 3.63) is 69.6 Å². The van der Waals surface area contributed by atoms with Gasteiger partial charge in [0.05, 0.1) is 22.0 Å². The van der Waals surface area contributed by atoms with Crippen LogP contribution in [0.25, 0.3) is 11.3 Å². The molecule has 0 saturated carbocycles. The van der Waals surface area contributed by atoms with Gasteiger partial charge < -0.3 is 0 Å². The first-order valence-corrected chi connectivity index (χ1v) is 9.88. The molecule has 0 radical (unpaired) electrons. The lowest BCUT2D eigenvalue weighted by molar-refractivity contribution is -0.384. The molecule has 0 spiro atoms. The number of hydrogen-bond donors (Lipinski definition) is 0. The van der Waals surface area contributed by atoms with Gasteiger partial charge in [-0.2, -0.15) is 20.3 Å². The third kappa shape index (κ3) is 3.72. The fourth-order valence-corrected chi connectivity index (χ4v) is 3.68. The number of aryl methyl sites for hydroxylation is 1. The first-order valence-electron chi connectivity index (χ1n) is 9.00. The molecule has 0 N–H and O–H groups in total. The van der Waals surface area contributed by atoms with Gasteiger partial charge in [0.1, 0.15) is 0 Å². The maximum absolute atomic E-state index is 12.8. The number of carbonyl (C=O) groups excluding carboxylic acids is 1. The number of amides is 1. The summed E-state index contributed by atoms with van der Waals surface area (Å²) >= 11 is 1.23. The Morgan fingerprint density at radius 2 is 1.97 bits per heavy atom. The minimum atomic E-state index is -0.810. The number of nitrogens with zero attached hydrogens (tertiary/aromatic N) is 6. The van der Waals surface area contributed by atoms with Gasteiger partial charge in [-0.1, -0.05) is 30.3 Å². The van der Waals surface area contributed by atoms with Crippen LogP contribution in [0.5, 0.6) is 0 Å². The Morgan fingerprint density at radius 1 is 1.17 bits per heavy atom. The lowest BCUT2D eigenvalue weighted by Crippen LogP contribution is -2.29. The van der Waals surface area contributed by atoms with Gasteiger partial charge in [-0.3, -0.25) is 14.9 Å². The predicted octanol–water partition coefficient (Wildman–Crippen LogP) is 4.90. The van der Waals surface area contributed by atoms with Crippen LogP contribution in [0.15, 0.2) is 69.2 Å². The maximum Gasteiger partial charge on any atom is 0.282 e. The fourth-order valence-electron chi connectivity index (χ4n) is 2.89. The molecule has 10 heteroatoms. The normalized spacial score (nSPS) is 16.3. The molecule has 2 heterocycles. The minimum absolute atomic E-state index is 0.0233. The highest BCUT2D eigenvalue weighted by molar-refractivity contribution is 7.14. The summed E-state index contributed by atoms with van der Waals surface area (Å²) in [7, 11) is 0. The van der Waals surface area contributed by atoms with Gasteiger partial charge in [-0.15, -0.1) is 11.3 Å². The largest absolute Gasteiger partial charge is 0.282 e. The molecular weight excluding hydrogens is 404 g/mol. The van der Waals surface area contributed by atoms with Crippen LogP contribution >= 0.6 is 11.3 Å². The molecule has 3 aromatic rings. The molecular formula is C20H16N6O3S. The maximum atomic E-state index is 12.8. The van der Waals surface area contributed by atoms with E-state index in [-0.39, 0.29) is 11.6 Å². The van der Waals surface area contributed by atoms with E-state index < -0.39 is 11.0 Å². The zero-order valence-corrected chi connectivity index (χ0v) is 16.9. The molecule has 0 bridgehead atoms. The summed E-state index contributed by atoms with van der Waals surface area (Å²) in [4.78, 5) is 27.8. The first kappa shape index (κ1) is 19.5. The molecule has 1 atom stereocenters. The molecule has 0 unspecified atom stereocenters. The van der Waals surface area contributed by atoms with Crippen molar-refractivity contribution in [2.24, 2.45) is 15.3 Å². The van der Waals surface area contributed by atoms with E-state index in [0.29, 0.717) is 27.8 Å². The Kier molecular flexibility index (Phi) is 5.15. The van der Waals surface area contributed by atoms with E-state index in [1.54, 1.807) is 24.4 Å². The molecule has 0 fully saturated rings. The highest BCUT2D eigenvalue weighted by atomic mass is 32.1. The van der Waals surface area contributed by atoms with Gasteiger partial charge in [-0.25, -0.2) is 4.98 Å². The third-order valence-electron chi connectivity index (χ3n) is 4.52. The average molecular weight is 420 g/mol. The third-order valence-corrected chi connectivity index (χ3v) is 5.33. The molecule has 4 rings (SSSR count). The highest BCUT2D eigenvalue weighted by Gasteiger charge is 2.36. The van der Waals surface area contributed by atoms with Crippen molar-refractivity contribution in [2.75, 3.05) is 5.01 Å². The Hall–Kier alpha value is -3.79. The summed E-state index contributed by atoms with van der Waals surface area (Å²) in [5.41, 5.74) is 3.27. The van der Waals surface area contributed by atoms with Crippen LogP contribution in [0.2, 0.25) is 0 Å². The van der Waals surface area contributed by atoms with Crippen LogP contribution in [0.1, 0.15) is 12.5 Å². The van der Waals surface area contributed by atoms with Crippen LogP contribution in [-0.2, 0) is 4.79 Å². The van der Waals surface area contributed by atoms with Gasteiger partial charge in [0.2, 0.25) is 5.13 Å². The van der Waals surface area contributed by atoms with Gasteiger partial charge >= 0.3 is 0 Å². The number of aromatic nitrogens is 1. The molecule has 0 aliphatic carbocycles. The van der Waals surface area contributed by atoms with E-state index in [1.165, 1.54) is 28.5 Å². The molecule has 1 aliphatic rings. The molecule has 1 amide bonds. The van der Waals surface area contributed by atoms with Crippen molar-refractivity contribution in [3.8, 4) is 11.3 Å². The zero-order chi connectivity index (χ0) is 21.3. The summed E-state index contributed by atoms with van der Waals surface area (Å²) < 4.78 is 0. The number of nitro groups is 1. The second kappa shape index (κ2) is 7.91. The molecule has 0 saturated heterocycles. The molecule has 30 heavy (non-hydrogen) atoms. The number of nitro benzene ring substituents is 1. The minimum Gasteiger partial charge on any atom is -0.269 e. The number of hydrazone groups is 1. The standard InChI is InChI=1S/C20H16N6O3S/c1-12-6-3-4-9-16(12)22-23-18-13(2)24-25(19(18)27)20-21-17(11-30-20)14-7-5-8-15(10-14)26(28)29/h3-11,18H,1-2H3/t18-/m0/s1. The predicted molar refractivity (Wildman–Crippen MR) is 114 cm³/mol. The monoisotopic (exact) mass is 420 g/mol. The number of hydrogen-bond acceptors (Lipinski definition) is 8. The summed E-state index contributed by atoms with van der Waals surface area (Å²) in [5, 5.41) is 27.0. The van der Waals surface area contributed by atoms with Crippen LogP contribution < -0.4 is 5.01 Å². The number of non-ortho nitro benzene ring substituents is 1. The number of azo groups is 1. The second-order valence-corrected chi connectivity index (χ2v) is 7.46. The summed E-state index contributed by atoms with van der Waals surface area (Å²) in [6.07, 6.45) is 0. The van der Waals surface area contributed by atoms with Crippen molar-refractivity contribution in [3.63, 3.8) is 0 Å². The summed E-state index contributed by atoms with van der Waals surface area (Å²) in [6.45, 7) is 3.64. The van der Waals surface area contributed by atoms with Crippen molar-refractivity contribution < 1.29 is 9.72 Å². The summed E-state index contributed by atoms with van der Waals surface area (Å²) in [6, 6.07) is 12.9. The quantitative estimate of drug-likeness (QED) is 0.332. The Bertz CT molecular complexity index is 1200. The highest BCUT2D eigenvalue weighted by Crippen LogP contribution is 2.32. The van der Waals surface area contributed by atoms with Crippen LogP contribution in [0.4, 0.5) is 16.5 Å². The lowest BCUT2D eigenvalue weighted by atomic mass is 10.1. The van der Waals surface area contributed by atoms with Crippen LogP contribution in [0.3, 0.4) is 0 Å². The van der Waals surface area contributed by atoms with Gasteiger partial charge in [-0.05, 0) is 25.5 Å². The van der Waals surface area contributed by atoms with Crippen molar-refractivity contribution in [2.45, 2.75) is 19.9 Å². The topological polar surface area (TPSA) is 113 Å². The van der Waals surface area contributed by atoms with Gasteiger partial charge in [0.15, 0.2) is 6.04 Å². The molecule has 9 nitrogen and oxygen atoms in total. The van der Waals surface area contributed by atoms with Crippen molar-refractivity contribution in [1.82, 2.24) is 4.98 Å². The van der Waals surface area contributed by atoms with Gasteiger partial charge in [0.25, 0.3) is 11.6 Å². The number of rotatable bonds is 5. The van der Waals surface area contributed by atoms with Crippen molar-refractivity contribution >= 4 is 39.5 Å². The van der Waals surface area contributed by atoms with E-state index in [1.807, 2.05) is 31.2 Å². The van der Waals surface area contributed by atoms with E-state index in [4.69, 9.17) is 0 Å². The fraction of sp³-hybridized carbons (Fsp3) is 0.150. The number of benzene rings is 2. The number of thiazole rings is 1. The zero-order valence-electron chi connectivity index (χ0n) is 16.1. The first-order chi connectivity index (χ1) is 14.4. The van der Waals surface area contributed by atoms with E-state index in [0.717, 1.165) is 5.56 Å². The van der Waals surface area contributed by atoms with Crippen molar-refractivity contribution in [1.29, 1.82) is 0 Å². The Labute approximate surface area is 175 Å². The summed E-state index contributed by atoms with van der Waals surface area (Å²) in [5.74, 6) is -0.343. The molecule has 1 aromatic heterocycles. The molecule has 1 aliphatic heterocycles. The average Bonchev–Trinajstić information content (AvgIpc) is 3.33. The van der Waals surface area contributed by atoms with Crippen LogP contribution in [-0.4, -0.2) is 27.6 Å². The SMILES string of the molecule is CC1=NN(c2nc(-c3cccc([N+](=O)[O-])c3)cs2)C(=O)[C@H]1N=Nc1ccccc1C. The van der Waals surface area contributed by atoms with E-state index >= 15 is 0 Å². The van der Waals surface area contributed by atoms with E-state index in [2.05, 4.69) is 20.3 Å². The van der Waals surface area contributed by atoms with E-state index in [9.17, 15) is 14.9 Å². The Morgan fingerprint density at radius 3 is 2.73 bits per heavy atom. The second-order valence-electron chi connectivity index (χ2n) is 6.62. The number of carbonyl (C=O) groups is 1. The van der Waals surface area contributed by atoms with Gasteiger partial charge in [0, 0.05) is 23.1 Å². The Balaban J connectivity index is 1.56.